The Kier molecular flexibility index (Phi) is 7.15. The second kappa shape index (κ2) is 10.0. The molecule has 0 spiro atoms. The highest BCUT2D eigenvalue weighted by atomic mass is 16.4. The molecule has 0 fully saturated rings. The molecule has 176 valence electrons. The number of benzene rings is 3. The van der Waals surface area contributed by atoms with E-state index in [2.05, 4.69) is 16.0 Å². The summed E-state index contributed by atoms with van der Waals surface area (Å²) in [6.45, 7) is 5.70. The van der Waals surface area contributed by atoms with Gasteiger partial charge in [-0.3, -0.25) is 9.59 Å². The fourth-order valence-electron chi connectivity index (χ4n) is 3.79. The third kappa shape index (κ3) is 5.69. The number of carbonyl (C=O) groups excluding carboxylic acids is 2. The Morgan fingerprint density at radius 2 is 1.44 bits per heavy atom. The number of nitrogens with one attached hydrogen (secondary N) is 3. The number of amides is 3. The number of rotatable bonds is 7. The molecule has 0 heterocycles. The highest BCUT2D eigenvalue weighted by molar-refractivity contribution is 6.10. The molecule has 9 nitrogen and oxygen atoms in total. The molecule has 0 saturated carbocycles. The van der Waals surface area contributed by atoms with Gasteiger partial charge in [0, 0.05) is 5.69 Å². The number of urea groups is 1. The molecule has 0 aromatic heterocycles. The van der Waals surface area contributed by atoms with Crippen LogP contribution in [0.4, 0.5) is 16.2 Å². The van der Waals surface area contributed by atoms with Gasteiger partial charge in [-0.1, -0.05) is 42.0 Å². The second-order valence-corrected chi connectivity index (χ2v) is 8.06. The number of hydrogen-bond acceptors (Lipinski definition) is 4. The SMILES string of the molecule is Cc1cc(C)c(NC(=O)Nc2cc3ccccc3cc2C(=O)N[C@@H](CC(=O)O)C(=O)O)c(C)c1. The van der Waals surface area contributed by atoms with Crippen LogP contribution in [0.1, 0.15) is 33.5 Å². The van der Waals surface area contributed by atoms with Gasteiger partial charge < -0.3 is 26.2 Å². The first-order chi connectivity index (χ1) is 16.0. The van der Waals surface area contributed by atoms with E-state index in [1.807, 2.05) is 32.9 Å². The van der Waals surface area contributed by atoms with Crippen molar-refractivity contribution in [3.05, 3.63) is 70.8 Å². The summed E-state index contributed by atoms with van der Waals surface area (Å²) >= 11 is 0. The van der Waals surface area contributed by atoms with Crippen molar-refractivity contribution >= 4 is 46.0 Å². The average Bonchev–Trinajstić information content (AvgIpc) is 2.74. The molecule has 9 heteroatoms. The summed E-state index contributed by atoms with van der Waals surface area (Å²) in [4.78, 5) is 48.2. The minimum atomic E-state index is -1.63. The zero-order chi connectivity index (χ0) is 25.0. The number of hydrogen-bond donors (Lipinski definition) is 5. The molecular weight excluding hydrogens is 438 g/mol. The fraction of sp³-hybridized carbons (Fsp3) is 0.200. The van der Waals surface area contributed by atoms with Crippen molar-refractivity contribution in [3.8, 4) is 0 Å². The summed E-state index contributed by atoms with van der Waals surface area (Å²) in [6.07, 6.45) is -0.788. The molecule has 3 amide bonds. The van der Waals surface area contributed by atoms with Gasteiger partial charge in [0.15, 0.2) is 0 Å². The van der Waals surface area contributed by atoms with E-state index in [0.717, 1.165) is 22.1 Å². The number of aryl methyl sites for hydroxylation is 3. The molecule has 0 saturated heterocycles. The van der Waals surface area contributed by atoms with Crippen LogP contribution in [0.25, 0.3) is 10.8 Å². The minimum absolute atomic E-state index is 0.00263. The molecule has 0 bridgehead atoms. The van der Waals surface area contributed by atoms with E-state index in [4.69, 9.17) is 5.11 Å². The number of anilines is 2. The molecule has 0 aliphatic heterocycles. The molecule has 34 heavy (non-hydrogen) atoms. The Morgan fingerprint density at radius 1 is 0.853 bits per heavy atom. The Morgan fingerprint density at radius 3 is 2.00 bits per heavy atom. The van der Waals surface area contributed by atoms with Crippen molar-refractivity contribution in [3.63, 3.8) is 0 Å². The van der Waals surface area contributed by atoms with Crippen LogP contribution < -0.4 is 16.0 Å². The molecule has 3 rings (SSSR count). The van der Waals surface area contributed by atoms with Crippen LogP contribution >= 0.6 is 0 Å². The van der Waals surface area contributed by atoms with Crippen LogP contribution in [0.15, 0.2) is 48.5 Å². The molecule has 0 aliphatic rings. The summed E-state index contributed by atoms with van der Waals surface area (Å²) in [5.41, 5.74) is 3.61. The monoisotopic (exact) mass is 463 g/mol. The van der Waals surface area contributed by atoms with Crippen LogP contribution in [-0.2, 0) is 9.59 Å². The quantitative estimate of drug-likeness (QED) is 0.357. The van der Waals surface area contributed by atoms with E-state index in [9.17, 15) is 24.3 Å². The largest absolute Gasteiger partial charge is 0.481 e. The first-order valence-corrected chi connectivity index (χ1v) is 10.5. The standard InChI is InChI=1S/C25H25N3O6/c1-13-8-14(2)22(15(3)9-13)28-25(34)27-19-11-17-7-5-4-6-16(17)10-18(19)23(31)26-20(24(32)33)12-21(29)30/h4-11,20H,12H2,1-3H3,(H,26,31)(H,29,30)(H,32,33)(H2,27,28,34)/t20-/m0/s1. The normalized spacial score (nSPS) is 11.5. The van der Waals surface area contributed by atoms with Gasteiger partial charge >= 0.3 is 18.0 Å². The predicted octanol–water partition coefficient (Wildman–Crippen LogP) is 4.07. The van der Waals surface area contributed by atoms with E-state index in [1.54, 1.807) is 30.3 Å². The lowest BCUT2D eigenvalue weighted by atomic mass is 10.0. The molecule has 0 aliphatic carbocycles. The maximum Gasteiger partial charge on any atom is 0.326 e. The summed E-state index contributed by atoms with van der Waals surface area (Å²) in [7, 11) is 0. The first kappa shape index (κ1) is 24.2. The van der Waals surface area contributed by atoms with Gasteiger partial charge in [0.05, 0.1) is 17.7 Å². The third-order valence-electron chi connectivity index (χ3n) is 5.28. The zero-order valence-electron chi connectivity index (χ0n) is 18.9. The number of carboxylic acid groups (broad SMARTS) is 2. The van der Waals surface area contributed by atoms with Crippen molar-refractivity contribution < 1.29 is 29.4 Å². The van der Waals surface area contributed by atoms with Crippen LogP contribution in [0.2, 0.25) is 0 Å². The average molecular weight is 463 g/mol. The van der Waals surface area contributed by atoms with Gasteiger partial charge in [-0.15, -0.1) is 0 Å². The number of fused-ring (bicyclic) bond motifs is 1. The Bertz CT molecular complexity index is 1280. The van der Waals surface area contributed by atoms with E-state index in [-0.39, 0.29) is 11.3 Å². The van der Waals surface area contributed by atoms with Gasteiger partial charge in [-0.2, -0.15) is 0 Å². The van der Waals surface area contributed by atoms with E-state index >= 15 is 0 Å². The van der Waals surface area contributed by atoms with Gasteiger partial charge in [0.25, 0.3) is 5.91 Å². The lowest BCUT2D eigenvalue weighted by molar-refractivity contribution is -0.145. The number of carbonyl (C=O) groups is 4. The Hall–Kier alpha value is -4.40. The van der Waals surface area contributed by atoms with Crippen molar-refractivity contribution in [1.82, 2.24) is 5.32 Å². The molecule has 0 radical (unpaired) electrons. The van der Waals surface area contributed by atoms with E-state index in [0.29, 0.717) is 11.1 Å². The first-order valence-electron chi connectivity index (χ1n) is 10.5. The van der Waals surface area contributed by atoms with Gasteiger partial charge in [-0.05, 0) is 54.8 Å². The molecule has 3 aromatic rings. The van der Waals surface area contributed by atoms with E-state index < -0.39 is 36.3 Å². The fourth-order valence-corrected chi connectivity index (χ4v) is 3.79. The van der Waals surface area contributed by atoms with Crippen molar-refractivity contribution in [1.29, 1.82) is 0 Å². The molecule has 3 aromatic carbocycles. The van der Waals surface area contributed by atoms with Gasteiger partial charge in [0.2, 0.25) is 0 Å². The van der Waals surface area contributed by atoms with Crippen molar-refractivity contribution in [2.45, 2.75) is 33.2 Å². The topological polar surface area (TPSA) is 145 Å². The number of aliphatic carboxylic acids is 2. The maximum atomic E-state index is 13.0. The highest BCUT2D eigenvalue weighted by Gasteiger charge is 2.25. The summed E-state index contributed by atoms with van der Waals surface area (Å²) in [6, 6.07) is 11.9. The van der Waals surface area contributed by atoms with Crippen LogP contribution in [0.3, 0.4) is 0 Å². The molecule has 1 atom stereocenters. The predicted molar refractivity (Wildman–Crippen MR) is 128 cm³/mol. The molecule has 0 unspecified atom stereocenters. The van der Waals surface area contributed by atoms with E-state index in [1.165, 1.54) is 6.07 Å². The Labute approximate surface area is 195 Å². The Balaban J connectivity index is 1.94. The zero-order valence-corrected chi connectivity index (χ0v) is 18.9. The lowest BCUT2D eigenvalue weighted by Gasteiger charge is -2.17. The molecule has 5 N–H and O–H groups in total. The smallest absolute Gasteiger partial charge is 0.326 e. The van der Waals surface area contributed by atoms with Crippen LogP contribution in [-0.4, -0.2) is 40.1 Å². The van der Waals surface area contributed by atoms with Crippen molar-refractivity contribution in [2.75, 3.05) is 10.6 Å². The molecular formula is C25H25N3O6. The highest BCUT2D eigenvalue weighted by Crippen LogP contribution is 2.26. The summed E-state index contributed by atoms with van der Waals surface area (Å²) in [5.74, 6) is -3.67. The van der Waals surface area contributed by atoms with Gasteiger partial charge in [0.1, 0.15) is 6.04 Å². The van der Waals surface area contributed by atoms with Gasteiger partial charge in [-0.25, -0.2) is 9.59 Å². The lowest BCUT2D eigenvalue weighted by Crippen LogP contribution is -2.42. The second-order valence-electron chi connectivity index (χ2n) is 8.06. The third-order valence-corrected chi connectivity index (χ3v) is 5.28. The summed E-state index contributed by atoms with van der Waals surface area (Å²) in [5, 5.41) is 27.4. The maximum absolute atomic E-state index is 13.0. The number of carboxylic acids is 2. The minimum Gasteiger partial charge on any atom is -0.481 e. The summed E-state index contributed by atoms with van der Waals surface area (Å²) < 4.78 is 0. The van der Waals surface area contributed by atoms with Crippen LogP contribution in [0.5, 0.6) is 0 Å². The van der Waals surface area contributed by atoms with Crippen molar-refractivity contribution in [2.24, 2.45) is 0 Å². The van der Waals surface area contributed by atoms with Crippen LogP contribution in [0, 0.1) is 20.8 Å².